The summed E-state index contributed by atoms with van der Waals surface area (Å²) in [6.45, 7) is 0. The van der Waals surface area contributed by atoms with Gasteiger partial charge in [0.2, 0.25) is 0 Å². The van der Waals surface area contributed by atoms with Crippen molar-refractivity contribution in [1.82, 2.24) is 0 Å². The Morgan fingerprint density at radius 3 is 1.27 bits per heavy atom. The van der Waals surface area contributed by atoms with Crippen LogP contribution in [0.15, 0.2) is 0 Å². The second-order valence-electron chi connectivity index (χ2n) is 6.85. The third-order valence-electron chi connectivity index (χ3n) is 4.19. The van der Waals surface area contributed by atoms with Crippen molar-refractivity contribution in [3.05, 3.63) is 0 Å². The van der Waals surface area contributed by atoms with Gasteiger partial charge in [0.25, 0.3) is 0 Å². The van der Waals surface area contributed by atoms with Gasteiger partial charge in [0, 0.05) is 6.42 Å². The SMILES string of the molecule is N[C@@H](CCC(=O)OS(=O)(=O)C(F)(F)C(F)(F)C(F)(F)C(F)(F)C(F)(F)C(F)(F)C(F)(F)C(F)(F)F)C(=O)O.[H-].[H-].[Na+].[Na+]. The maximum Gasteiger partial charge on any atom is 1.00 e. The van der Waals surface area contributed by atoms with Gasteiger partial charge in [0.15, 0.2) is 0 Å². The first-order chi connectivity index (χ1) is 16.2. The van der Waals surface area contributed by atoms with Crippen molar-refractivity contribution in [2.24, 2.45) is 5.73 Å². The summed E-state index contributed by atoms with van der Waals surface area (Å²) in [4.78, 5) is 21.5. The van der Waals surface area contributed by atoms with Crippen LogP contribution in [0.25, 0.3) is 0 Å². The molecule has 0 aliphatic heterocycles. The molecule has 0 aliphatic carbocycles. The molecular weight excluding hydrogens is 667 g/mol. The average molecular weight is 677 g/mol. The van der Waals surface area contributed by atoms with E-state index in [1.807, 2.05) is 0 Å². The number of hydrogen-bond acceptors (Lipinski definition) is 6. The van der Waals surface area contributed by atoms with E-state index >= 15 is 0 Å². The van der Waals surface area contributed by atoms with Crippen molar-refractivity contribution in [3.63, 3.8) is 0 Å². The van der Waals surface area contributed by atoms with Crippen molar-refractivity contribution >= 4 is 22.1 Å². The molecule has 3 N–H and O–H groups in total. The molecule has 27 heteroatoms. The van der Waals surface area contributed by atoms with Crippen LogP contribution in [-0.4, -0.2) is 78.5 Å². The maximum absolute atomic E-state index is 13.7. The molecule has 0 amide bonds. The number of aliphatic carboxylic acids is 1. The molecule has 0 aromatic rings. The van der Waals surface area contributed by atoms with Crippen LogP contribution in [0.3, 0.4) is 0 Å². The smallest absolute Gasteiger partial charge is 1.00 e. The number of carboxylic acids is 1. The van der Waals surface area contributed by atoms with Crippen LogP contribution in [0.4, 0.5) is 74.6 Å². The minimum absolute atomic E-state index is 0. The maximum atomic E-state index is 13.7. The second kappa shape index (κ2) is 12.7. The summed E-state index contributed by atoms with van der Waals surface area (Å²) >= 11 is 0. The summed E-state index contributed by atoms with van der Waals surface area (Å²) in [5.74, 6) is -57.4. The number of halogens is 17. The molecule has 1 atom stereocenters. The monoisotopic (exact) mass is 677 g/mol. The van der Waals surface area contributed by atoms with Gasteiger partial charge in [-0.15, -0.1) is 0 Å². The number of hydrogen-bond donors (Lipinski definition) is 2. The van der Waals surface area contributed by atoms with Crippen LogP contribution in [0.1, 0.15) is 15.7 Å². The summed E-state index contributed by atoms with van der Waals surface area (Å²) in [5.41, 5.74) is 4.76. The van der Waals surface area contributed by atoms with Gasteiger partial charge in [-0.2, -0.15) is 83.1 Å². The number of carbonyl (C=O) groups is 2. The van der Waals surface area contributed by atoms with Gasteiger partial charge in [0.1, 0.15) is 6.04 Å². The normalized spacial score (nSPS) is 15.4. The Morgan fingerprint density at radius 1 is 0.675 bits per heavy atom. The topological polar surface area (TPSA) is 124 Å². The molecule has 7 nitrogen and oxygen atoms in total. The molecule has 0 aromatic carbocycles. The first-order valence-corrected chi connectivity index (χ1v) is 9.79. The summed E-state index contributed by atoms with van der Waals surface area (Å²) in [7, 11) is -8.06. The van der Waals surface area contributed by atoms with E-state index < -0.39 is 87.9 Å². The molecule has 0 saturated carbocycles. The first-order valence-electron chi connectivity index (χ1n) is 8.39. The molecule has 0 aliphatic rings. The van der Waals surface area contributed by atoms with E-state index in [1.165, 1.54) is 0 Å². The number of nitrogens with two attached hydrogens (primary N) is 1. The molecule has 230 valence electrons. The third-order valence-corrected chi connectivity index (χ3v) is 5.48. The fraction of sp³-hybridized carbons (Fsp3) is 0.846. The van der Waals surface area contributed by atoms with E-state index in [0.29, 0.717) is 0 Å². The Balaban J connectivity index is -0.00000114. The molecule has 0 saturated heterocycles. The quantitative estimate of drug-likeness (QED) is 0.143. The van der Waals surface area contributed by atoms with Crippen molar-refractivity contribution in [1.29, 1.82) is 0 Å². The van der Waals surface area contributed by atoms with E-state index in [1.54, 1.807) is 0 Å². The summed E-state index contributed by atoms with van der Waals surface area (Å²) in [6, 6.07) is -2.12. The predicted molar refractivity (Wildman–Crippen MR) is 82.8 cm³/mol. The molecule has 0 spiro atoms. The first kappa shape index (κ1) is 44.1. The molecule has 40 heavy (non-hydrogen) atoms. The minimum Gasteiger partial charge on any atom is -1.00 e. The Bertz CT molecular complexity index is 1040. The van der Waals surface area contributed by atoms with E-state index in [4.69, 9.17) is 10.8 Å². The van der Waals surface area contributed by atoms with Crippen LogP contribution < -0.4 is 64.8 Å². The standard InChI is InChI=1S/C13H8F17NO6S.2Na.2H/c14-6(15,8(18,19)10(22,23)12(26,27)28)7(16,17)9(20,21)11(24,25)13(29,30)38(35,36)37-4(32)2-1-3(31)5(33)34;;;;/h3H,1-2,31H2,(H,33,34);;;;/q;2*+1;2*-1/t3-;;;;/m0..../s1. The number of rotatable bonds is 12. The fourth-order valence-corrected chi connectivity index (χ4v) is 2.79. The van der Waals surface area contributed by atoms with Gasteiger partial charge in [-0.3, -0.25) is 9.59 Å². The van der Waals surface area contributed by atoms with Gasteiger partial charge < -0.3 is 17.9 Å². The van der Waals surface area contributed by atoms with E-state index in [0.717, 1.165) is 0 Å². The van der Waals surface area contributed by atoms with Crippen molar-refractivity contribution in [2.75, 3.05) is 0 Å². The minimum atomic E-state index is -9.03. The van der Waals surface area contributed by atoms with E-state index in [9.17, 15) is 92.6 Å². The zero-order chi connectivity index (χ0) is 31.4. The van der Waals surface area contributed by atoms with Crippen molar-refractivity contribution in [2.45, 2.75) is 65.8 Å². The molecule has 0 bridgehead atoms. The summed E-state index contributed by atoms with van der Waals surface area (Å²) < 4.78 is 248. The average Bonchev–Trinajstić information content (AvgIpc) is 2.69. The number of carbonyl (C=O) groups excluding carboxylic acids is 1. The molecule has 0 unspecified atom stereocenters. The van der Waals surface area contributed by atoms with Crippen LogP contribution in [-0.2, 0) is 23.9 Å². The Kier molecular flexibility index (Phi) is 14.0. The van der Waals surface area contributed by atoms with Crippen LogP contribution >= 0.6 is 0 Å². The molecule has 0 aromatic heterocycles. The van der Waals surface area contributed by atoms with E-state index in [-0.39, 0.29) is 62.0 Å². The van der Waals surface area contributed by atoms with Gasteiger partial charge in [-0.25, -0.2) is 0 Å². The van der Waals surface area contributed by atoms with Crippen LogP contribution in [0.5, 0.6) is 0 Å². The predicted octanol–water partition coefficient (Wildman–Crippen LogP) is -1.75. The van der Waals surface area contributed by atoms with Gasteiger partial charge in [-0.05, 0) is 6.42 Å². The zero-order valence-electron chi connectivity index (χ0n) is 20.9. The summed E-state index contributed by atoms with van der Waals surface area (Å²) in [6.07, 6.45) is -10.9. The Labute approximate surface area is 256 Å². The molecule has 0 rings (SSSR count). The van der Waals surface area contributed by atoms with Crippen LogP contribution in [0.2, 0.25) is 0 Å². The Morgan fingerprint density at radius 2 is 0.975 bits per heavy atom. The van der Waals surface area contributed by atoms with Crippen molar-refractivity contribution < 1.29 is 164 Å². The third kappa shape index (κ3) is 6.90. The van der Waals surface area contributed by atoms with Crippen LogP contribution in [0, 0.1) is 0 Å². The molecule has 0 heterocycles. The zero-order valence-corrected chi connectivity index (χ0v) is 23.7. The Hall–Kier alpha value is -0.340. The molecule has 0 fully saturated rings. The van der Waals surface area contributed by atoms with Gasteiger partial charge in [0.05, 0.1) is 0 Å². The van der Waals surface area contributed by atoms with Crippen molar-refractivity contribution in [3.8, 4) is 0 Å². The van der Waals surface area contributed by atoms with Gasteiger partial charge in [-0.1, -0.05) is 0 Å². The van der Waals surface area contributed by atoms with E-state index in [2.05, 4.69) is 4.18 Å². The number of carboxylic acid groups (broad SMARTS) is 1. The van der Waals surface area contributed by atoms with Gasteiger partial charge >= 0.3 is 128 Å². The fourth-order valence-electron chi connectivity index (χ4n) is 1.92. The largest absolute Gasteiger partial charge is 1.00 e. The number of alkyl halides is 17. The summed E-state index contributed by atoms with van der Waals surface area (Å²) in [5, 5.41) is 0.336. The second-order valence-corrected chi connectivity index (χ2v) is 8.44. The molecule has 0 radical (unpaired) electrons. The molecular formula is C13H10F17NNa2O6S.